The van der Waals surface area contributed by atoms with Crippen LogP contribution in [0.1, 0.15) is 73.3 Å². The van der Waals surface area contributed by atoms with Crippen molar-refractivity contribution >= 4 is 29.6 Å². The van der Waals surface area contributed by atoms with E-state index in [4.69, 9.17) is 9.47 Å². The molecular weight excluding hydrogens is 685 g/mol. The number of carboxylic acid groups (broad SMARTS) is 1. The minimum absolute atomic E-state index is 0.00732. The molecule has 1 fully saturated rings. The second kappa shape index (κ2) is 21.3. The lowest BCUT2D eigenvalue weighted by molar-refractivity contribution is -0.148. The molecular formula is C39H64FN5O8. The Morgan fingerprint density at radius 2 is 1.55 bits per heavy atom. The van der Waals surface area contributed by atoms with Gasteiger partial charge >= 0.3 is 5.97 Å². The van der Waals surface area contributed by atoms with Crippen LogP contribution >= 0.6 is 0 Å². The molecule has 1 aromatic carbocycles. The van der Waals surface area contributed by atoms with Gasteiger partial charge < -0.3 is 40.3 Å². The van der Waals surface area contributed by atoms with Gasteiger partial charge in [0.05, 0.1) is 49.2 Å². The van der Waals surface area contributed by atoms with E-state index in [9.17, 15) is 29.1 Å². The average molecular weight is 750 g/mol. The van der Waals surface area contributed by atoms with Crippen LogP contribution in [-0.2, 0) is 39.9 Å². The molecule has 1 saturated heterocycles. The number of alkyl halides is 1. The lowest BCUT2D eigenvalue weighted by Crippen LogP contribution is -2.59. The van der Waals surface area contributed by atoms with Crippen LogP contribution in [0.25, 0.3) is 0 Å². The molecule has 10 atom stereocenters. The average Bonchev–Trinajstić information content (AvgIpc) is 3.50. The number of amides is 4. The van der Waals surface area contributed by atoms with E-state index < -0.39 is 72.3 Å². The molecule has 53 heavy (non-hydrogen) atoms. The molecule has 0 saturated carbocycles. The highest BCUT2D eigenvalue weighted by molar-refractivity contribution is 5.90. The zero-order chi connectivity index (χ0) is 40.2. The first kappa shape index (κ1) is 45.5. The van der Waals surface area contributed by atoms with E-state index in [0.29, 0.717) is 6.42 Å². The molecule has 4 amide bonds. The number of carbonyl (C=O) groups is 5. The Kier molecular flexibility index (Phi) is 18.3. The van der Waals surface area contributed by atoms with Gasteiger partial charge in [0.25, 0.3) is 0 Å². The molecule has 4 N–H and O–H groups in total. The number of nitrogens with one attached hydrogen (secondary N) is 3. The first-order valence-electron chi connectivity index (χ1n) is 18.7. The molecule has 1 heterocycles. The van der Waals surface area contributed by atoms with Crippen LogP contribution in [-0.4, -0.2) is 128 Å². The highest BCUT2D eigenvalue weighted by Gasteiger charge is 2.46. The van der Waals surface area contributed by atoms with Crippen LogP contribution in [0, 0.1) is 23.7 Å². The Morgan fingerprint density at radius 1 is 0.943 bits per heavy atom. The summed E-state index contributed by atoms with van der Waals surface area (Å²) in [4.78, 5) is 69.8. The third kappa shape index (κ3) is 12.2. The monoisotopic (exact) mass is 749 g/mol. The number of carbonyl (C=O) groups excluding carboxylic acids is 4. The fourth-order valence-electron chi connectivity index (χ4n) is 7.37. The van der Waals surface area contributed by atoms with Crippen molar-refractivity contribution in [3.63, 3.8) is 0 Å². The maximum atomic E-state index is 15.1. The summed E-state index contributed by atoms with van der Waals surface area (Å²) < 4.78 is 26.8. The van der Waals surface area contributed by atoms with E-state index in [-0.39, 0.29) is 55.4 Å². The first-order chi connectivity index (χ1) is 24.9. The molecule has 0 spiro atoms. The van der Waals surface area contributed by atoms with Crippen LogP contribution in [0.4, 0.5) is 4.39 Å². The summed E-state index contributed by atoms with van der Waals surface area (Å²) >= 11 is 0. The Labute approximate surface area is 315 Å². The van der Waals surface area contributed by atoms with Crippen LogP contribution < -0.4 is 16.0 Å². The number of likely N-dealkylation sites (tertiary alicyclic amines) is 1. The molecule has 13 nitrogen and oxygen atoms in total. The standard InChI is InChI=1S/C39H64FN5O8/c1-12-24(6)34(44(9)38(49)33(23(4)5)43-37(48)32(41-8)22(2)3)30(52-10)20-31(46)45-21-27(40)19-29(45)35(53-11)25(7)36(47)42-28(39(50)51)18-26-16-14-13-15-17-26/h13-17,22-25,27-30,32-35,41H,12,18-21H2,1-11H3,(H,42,47)(H,43,48)(H,50,51)/t24-,25+,27-,28?,29-,30+,32?,33?,34-,35+/m0/s1. The number of nitrogens with zero attached hydrogens (tertiary/aromatic N) is 2. The maximum absolute atomic E-state index is 15.1. The van der Waals surface area contributed by atoms with Crippen molar-refractivity contribution in [3.8, 4) is 0 Å². The molecule has 0 bridgehead atoms. The molecule has 1 aliphatic heterocycles. The third-order valence-electron chi connectivity index (χ3n) is 10.6. The molecule has 0 radical (unpaired) electrons. The number of hydrogen-bond donors (Lipinski definition) is 4. The fourth-order valence-corrected chi connectivity index (χ4v) is 7.37. The summed E-state index contributed by atoms with van der Waals surface area (Å²) in [5.41, 5.74) is 0.734. The van der Waals surface area contributed by atoms with Crippen LogP contribution in [0.3, 0.4) is 0 Å². The number of hydrogen-bond acceptors (Lipinski definition) is 8. The summed E-state index contributed by atoms with van der Waals surface area (Å²) in [7, 11) is 6.19. The molecule has 3 unspecified atom stereocenters. The van der Waals surface area contributed by atoms with Gasteiger partial charge in [-0.3, -0.25) is 19.2 Å². The molecule has 0 aromatic heterocycles. The van der Waals surface area contributed by atoms with E-state index in [1.165, 1.54) is 19.1 Å². The topological polar surface area (TPSA) is 167 Å². The number of ether oxygens (including phenoxy) is 2. The Balaban J connectivity index is 2.31. The third-order valence-corrected chi connectivity index (χ3v) is 10.6. The van der Waals surface area contributed by atoms with Crippen molar-refractivity contribution in [2.45, 2.75) is 123 Å². The number of aliphatic carboxylic acids is 1. The fraction of sp³-hybridized carbons (Fsp3) is 0.718. The van der Waals surface area contributed by atoms with E-state index in [0.717, 1.165) is 5.56 Å². The van der Waals surface area contributed by atoms with Crippen molar-refractivity contribution in [2.24, 2.45) is 23.7 Å². The van der Waals surface area contributed by atoms with E-state index in [2.05, 4.69) is 16.0 Å². The molecule has 14 heteroatoms. The van der Waals surface area contributed by atoms with E-state index in [1.807, 2.05) is 47.6 Å². The van der Waals surface area contributed by atoms with Gasteiger partial charge in [-0.1, -0.05) is 85.2 Å². The Hall–Kier alpha value is -3.62. The number of likely N-dealkylation sites (N-methyl/N-ethyl adjacent to an activating group) is 2. The predicted molar refractivity (Wildman–Crippen MR) is 201 cm³/mol. The Bertz CT molecular complexity index is 1350. The van der Waals surface area contributed by atoms with Gasteiger partial charge in [-0.2, -0.15) is 0 Å². The quantitative estimate of drug-likeness (QED) is 0.148. The highest BCUT2D eigenvalue weighted by atomic mass is 19.1. The largest absolute Gasteiger partial charge is 0.480 e. The smallest absolute Gasteiger partial charge is 0.326 e. The lowest BCUT2D eigenvalue weighted by atomic mass is 9.89. The van der Waals surface area contributed by atoms with Gasteiger partial charge in [-0.25, -0.2) is 9.18 Å². The van der Waals surface area contributed by atoms with Crippen LogP contribution in [0.5, 0.6) is 0 Å². The summed E-state index contributed by atoms with van der Waals surface area (Å²) in [6, 6.07) is 4.99. The zero-order valence-corrected chi connectivity index (χ0v) is 33.4. The summed E-state index contributed by atoms with van der Waals surface area (Å²) in [5.74, 6) is -4.12. The van der Waals surface area contributed by atoms with Gasteiger partial charge in [0, 0.05) is 34.1 Å². The van der Waals surface area contributed by atoms with E-state index >= 15 is 4.39 Å². The summed E-state index contributed by atoms with van der Waals surface area (Å²) in [5, 5.41) is 18.4. The predicted octanol–water partition coefficient (Wildman–Crippen LogP) is 3.05. The zero-order valence-electron chi connectivity index (χ0n) is 33.4. The molecule has 1 aliphatic rings. The van der Waals surface area contributed by atoms with Crippen molar-refractivity contribution in [1.29, 1.82) is 0 Å². The Morgan fingerprint density at radius 3 is 2.04 bits per heavy atom. The van der Waals surface area contributed by atoms with Crippen LogP contribution in [0.2, 0.25) is 0 Å². The maximum Gasteiger partial charge on any atom is 0.326 e. The lowest BCUT2D eigenvalue weighted by Gasteiger charge is -2.41. The number of benzene rings is 1. The minimum atomic E-state index is -1.37. The SMILES string of the molecule is CC[C@H](C)[C@@H]([C@@H](CC(=O)N1C[C@@H](F)C[C@H]1[C@H](OC)[C@@H](C)C(=O)NC(Cc1ccccc1)C(=O)O)OC)N(C)C(=O)C(NC(=O)C(NC)C(C)C)C(C)C. The first-order valence-corrected chi connectivity index (χ1v) is 18.7. The number of methoxy groups -OCH3 is 2. The minimum Gasteiger partial charge on any atom is -0.480 e. The molecule has 300 valence electrons. The van der Waals surface area contributed by atoms with Crippen molar-refractivity contribution in [1.82, 2.24) is 25.8 Å². The molecule has 1 aromatic rings. The van der Waals surface area contributed by atoms with Gasteiger partial charge in [0.1, 0.15) is 18.3 Å². The van der Waals surface area contributed by atoms with Gasteiger partial charge in [-0.05, 0) is 30.4 Å². The highest BCUT2D eigenvalue weighted by Crippen LogP contribution is 2.31. The summed E-state index contributed by atoms with van der Waals surface area (Å²) in [6.45, 7) is 12.8. The summed E-state index contributed by atoms with van der Waals surface area (Å²) in [6.07, 6.45) is -2.63. The van der Waals surface area contributed by atoms with Gasteiger partial charge in [0.15, 0.2) is 0 Å². The van der Waals surface area contributed by atoms with Crippen molar-refractivity contribution in [2.75, 3.05) is 34.9 Å². The van der Waals surface area contributed by atoms with E-state index in [1.54, 1.807) is 50.2 Å². The van der Waals surface area contributed by atoms with Crippen molar-refractivity contribution < 1.29 is 42.9 Å². The number of carboxylic acids is 1. The second-order valence-corrected chi connectivity index (χ2v) is 15.1. The van der Waals surface area contributed by atoms with Gasteiger partial charge in [-0.15, -0.1) is 0 Å². The van der Waals surface area contributed by atoms with Gasteiger partial charge in [0.2, 0.25) is 23.6 Å². The molecule has 2 rings (SSSR count). The van der Waals surface area contributed by atoms with Crippen molar-refractivity contribution in [3.05, 3.63) is 35.9 Å². The second-order valence-electron chi connectivity index (χ2n) is 15.1. The number of rotatable bonds is 21. The number of halogens is 1. The molecule has 0 aliphatic carbocycles. The van der Waals surface area contributed by atoms with Crippen LogP contribution in [0.15, 0.2) is 30.3 Å². The normalized spacial score (nSPS) is 20.5.